The Labute approximate surface area is 125 Å². The first-order valence-electron chi connectivity index (χ1n) is 6.71. The van der Waals surface area contributed by atoms with Crippen molar-refractivity contribution in [3.63, 3.8) is 0 Å². The number of aryl methyl sites for hydroxylation is 1. The molecule has 0 aromatic heterocycles. The number of benzene rings is 1. The lowest BCUT2D eigenvalue weighted by Gasteiger charge is -2.22. The highest BCUT2D eigenvalue weighted by Crippen LogP contribution is 2.29. The van der Waals surface area contributed by atoms with E-state index in [1.165, 1.54) is 4.31 Å². The lowest BCUT2D eigenvalue weighted by atomic mass is 9.98. The molecule has 1 aliphatic heterocycles. The van der Waals surface area contributed by atoms with Crippen molar-refractivity contribution in [3.05, 3.63) is 28.8 Å². The third kappa shape index (κ3) is 3.34. The van der Waals surface area contributed by atoms with E-state index in [2.05, 4.69) is 0 Å². The molecular formula is C14H20ClNO3S. The molecule has 4 nitrogen and oxygen atoms in total. The Hall–Kier alpha value is -0.620. The molecule has 0 amide bonds. The van der Waals surface area contributed by atoms with Crippen LogP contribution in [0, 0.1) is 6.92 Å². The molecular weight excluding hydrogens is 298 g/mol. The highest BCUT2D eigenvalue weighted by molar-refractivity contribution is 7.89. The molecule has 1 atom stereocenters. The number of hydrogen-bond acceptors (Lipinski definition) is 3. The van der Waals surface area contributed by atoms with E-state index < -0.39 is 15.6 Å². The van der Waals surface area contributed by atoms with Gasteiger partial charge in [-0.25, -0.2) is 8.42 Å². The minimum absolute atomic E-state index is 0.145. The topological polar surface area (TPSA) is 57.6 Å². The third-order valence-electron chi connectivity index (χ3n) is 3.73. The van der Waals surface area contributed by atoms with Crippen LogP contribution in [0.1, 0.15) is 31.7 Å². The summed E-state index contributed by atoms with van der Waals surface area (Å²) in [4.78, 5) is 0.145. The summed E-state index contributed by atoms with van der Waals surface area (Å²) >= 11 is 6.07. The average Bonchev–Trinajstić information content (AvgIpc) is 2.50. The fourth-order valence-corrected chi connectivity index (χ4v) is 4.49. The Bertz CT molecular complexity index is 598. The molecule has 0 aliphatic carbocycles. The monoisotopic (exact) mass is 317 g/mol. The van der Waals surface area contributed by atoms with Gasteiger partial charge in [0, 0.05) is 13.1 Å². The summed E-state index contributed by atoms with van der Waals surface area (Å²) in [7, 11) is -3.59. The minimum Gasteiger partial charge on any atom is -0.390 e. The molecule has 1 aliphatic rings. The second-order valence-corrected chi connectivity index (χ2v) is 8.00. The van der Waals surface area contributed by atoms with Crippen molar-refractivity contribution < 1.29 is 13.5 Å². The standard InChI is InChI=1S/C14H20ClNO3S/c1-11-4-5-13(12(15)10-11)20(18,19)16-8-3-6-14(2,17)7-9-16/h4-5,10,17H,3,6-9H2,1-2H3. The van der Waals surface area contributed by atoms with Crippen LogP contribution in [0.3, 0.4) is 0 Å². The molecule has 0 bridgehead atoms. The average molecular weight is 318 g/mol. The van der Waals surface area contributed by atoms with Gasteiger partial charge >= 0.3 is 0 Å². The summed E-state index contributed by atoms with van der Waals surface area (Å²) in [5.74, 6) is 0. The molecule has 0 spiro atoms. The number of nitrogens with zero attached hydrogens (tertiary/aromatic N) is 1. The predicted molar refractivity (Wildman–Crippen MR) is 79.4 cm³/mol. The van der Waals surface area contributed by atoms with E-state index in [-0.39, 0.29) is 9.92 Å². The molecule has 112 valence electrons. The van der Waals surface area contributed by atoms with Crippen LogP contribution in [0.4, 0.5) is 0 Å². The number of sulfonamides is 1. The van der Waals surface area contributed by atoms with Crippen molar-refractivity contribution in [1.82, 2.24) is 4.31 Å². The van der Waals surface area contributed by atoms with Crippen molar-refractivity contribution >= 4 is 21.6 Å². The molecule has 1 saturated heterocycles. The van der Waals surface area contributed by atoms with Crippen LogP contribution >= 0.6 is 11.6 Å². The Morgan fingerprint density at radius 1 is 1.30 bits per heavy atom. The Balaban J connectivity index is 2.30. The van der Waals surface area contributed by atoms with Crippen molar-refractivity contribution in [2.45, 2.75) is 43.6 Å². The number of rotatable bonds is 2. The van der Waals surface area contributed by atoms with Crippen molar-refractivity contribution in [2.75, 3.05) is 13.1 Å². The largest absolute Gasteiger partial charge is 0.390 e. The molecule has 1 N–H and O–H groups in total. The minimum atomic E-state index is -3.59. The van der Waals surface area contributed by atoms with Crippen molar-refractivity contribution in [1.29, 1.82) is 0 Å². The summed E-state index contributed by atoms with van der Waals surface area (Å²) in [6, 6.07) is 4.95. The van der Waals surface area contributed by atoms with E-state index in [4.69, 9.17) is 11.6 Å². The second kappa shape index (κ2) is 5.64. The zero-order valence-corrected chi connectivity index (χ0v) is 13.3. The zero-order valence-electron chi connectivity index (χ0n) is 11.8. The van der Waals surface area contributed by atoms with Gasteiger partial charge in [-0.05, 0) is 50.8 Å². The quantitative estimate of drug-likeness (QED) is 0.912. The van der Waals surface area contributed by atoms with Gasteiger partial charge in [-0.1, -0.05) is 17.7 Å². The van der Waals surface area contributed by atoms with Gasteiger partial charge < -0.3 is 5.11 Å². The number of aliphatic hydroxyl groups is 1. The van der Waals surface area contributed by atoms with E-state index in [1.54, 1.807) is 25.1 Å². The van der Waals surface area contributed by atoms with Crippen LogP contribution in [0.15, 0.2) is 23.1 Å². The first kappa shape index (κ1) is 15.8. The molecule has 0 saturated carbocycles. The highest BCUT2D eigenvalue weighted by Gasteiger charge is 2.32. The van der Waals surface area contributed by atoms with Crippen molar-refractivity contribution in [3.8, 4) is 0 Å². The maximum Gasteiger partial charge on any atom is 0.244 e. The van der Waals surface area contributed by atoms with E-state index in [1.807, 2.05) is 6.92 Å². The Morgan fingerprint density at radius 3 is 2.65 bits per heavy atom. The molecule has 20 heavy (non-hydrogen) atoms. The molecule has 1 aromatic carbocycles. The fraction of sp³-hybridized carbons (Fsp3) is 0.571. The van der Waals surface area contributed by atoms with Gasteiger partial charge in [-0.2, -0.15) is 4.31 Å². The molecule has 1 fully saturated rings. The van der Waals surface area contributed by atoms with Gasteiger partial charge in [-0.3, -0.25) is 0 Å². The van der Waals surface area contributed by atoms with E-state index in [9.17, 15) is 13.5 Å². The van der Waals surface area contributed by atoms with Gasteiger partial charge in [0.1, 0.15) is 4.90 Å². The maximum absolute atomic E-state index is 12.6. The molecule has 1 heterocycles. The van der Waals surface area contributed by atoms with E-state index in [0.29, 0.717) is 32.4 Å². The molecule has 2 rings (SSSR count). The van der Waals surface area contributed by atoms with Crippen LogP contribution in [0.5, 0.6) is 0 Å². The van der Waals surface area contributed by atoms with Gasteiger partial charge in [-0.15, -0.1) is 0 Å². The van der Waals surface area contributed by atoms with E-state index in [0.717, 1.165) is 5.56 Å². The SMILES string of the molecule is Cc1ccc(S(=O)(=O)N2CCCC(C)(O)CC2)c(Cl)c1. The third-order valence-corrected chi connectivity index (χ3v) is 6.11. The summed E-state index contributed by atoms with van der Waals surface area (Å²) in [6.45, 7) is 4.36. The Morgan fingerprint density at radius 2 is 2.00 bits per heavy atom. The van der Waals surface area contributed by atoms with Crippen molar-refractivity contribution in [2.24, 2.45) is 0 Å². The van der Waals surface area contributed by atoms with E-state index >= 15 is 0 Å². The molecule has 0 radical (unpaired) electrons. The lowest BCUT2D eigenvalue weighted by molar-refractivity contribution is 0.0465. The summed E-state index contributed by atoms with van der Waals surface area (Å²) in [5, 5.41) is 10.3. The summed E-state index contributed by atoms with van der Waals surface area (Å²) in [5.41, 5.74) is 0.134. The van der Waals surface area contributed by atoms with Gasteiger partial charge in [0.25, 0.3) is 0 Å². The molecule has 1 aromatic rings. The predicted octanol–water partition coefficient (Wildman–Crippen LogP) is 2.57. The second-order valence-electron chi connectivity index (χ2n) is 5.69. The Kier molecular flexibility index (Phi) is 4.44. The maximum atomic E-state index is 12.6. The van der Waals surface area contributed by atoms with Crippen LogP contribution in [0.25, 0.3) is 0 Å². The fourth-order valence-electron chi connectivity index (χ4n) is 2.43. The highest BCUT2D eigenvalue weighted by atomic mass is 35.5. The normalized spacial score (nSPS) is 25.4. The number of hydrogen-bond donors (Lipinski definition) is 1. The van der Waals surface area contributed by atoms with Crippen LogP contribution < -0.4 is 0 Å². The first-order valence-corrected chi connectivity index (χ1v) is 8.53. The number of halogens is 1. The van der Waals surface area contributed by atoms with Gasteiger partial charge in [0.2, 0.25) is 10.0 Å². The summed E-state index contributed by atoms with van der Waals surface area (Å²) < 4.78 is 26.7. The van der Waals surface area contributed by atoms with Crippen LogP contribution in [-0.4, -0.2) is 36.5 Å². The molecule has 1 unspecified atom stereocenters. The van der Waals surface area contributed by atoms with Crippen LogP contribution in [-0.2, 0) is 10.0 Å². The first-order chi connectivity index (χ1) is 9.22. The van der Waals surface area contributed by atoms with Gasteiger partial charge in [0.15, 0.2) is 0 Å². The van der Waals surface area contributed by atoms with Gasteiger partial charge in [0.05, 0.1) is 10.6 Å². The summed E-state index contributed by atoms with van der Waals surface area (Å²) in [6.07, 6.45) is 1.70. The van der Waals surface area contributed by atoms with Crippen LogP contribution in [0.2, 0.25) is 5.02 Å². The lowest BCUT2D eigenvalue weighted by Crippen LogP contribution is -2.33. The smallest absolute Gasteiger partial charge is 0.244 e. The molecule has 6 heteroatoms. The zero-order chi connectivity index (χ0) is 15.0.